The van der Waals surface area contributed by atoms with Crippen LogP contribution in [0, 0.1) is 17.8 Å². The van der Waals surface area contributed by atoms with E-state index >= 15 is 0 Å². The molecule has 3 fully saturated rings. The second-order valence-electron chi connectivity index (χ2n) is 13.4. The molecule has 0 aromatic carbocycles. The first-order chi connectivity index (χ1) is 19.0. The van der Waals surface area contributed by atoms with Crippen molar-refractivity contribution in [1.29, 1.82) is 0 Å². The molecule has 1 saturated heterocycles. The highest BCUT2D eigenvalue weighted by Gasteiger charge is 2.62. The summed E-state index contributed by atoms with van der Waals surface area (Å²) < 4.78 is 27.3. The average molecular weight is 597 g/mol. The van der Waals surface area contributed by atoms with Crippen LogP contribution in [0.15, 0.2) is 12.2 Å². The van der Waals surface area contributed by atoms with E-state index in [9.17, 15) is 37.8 Å². The van der Waals surface area contributed by atoms with E-state index in [0.29, 0.717) is 25.7 Å². The van der Waals surface area contributed by atoms with Crippen molar-refractivity contribution in [2.24, 2.45) is 17.8 Å². The fourth-order valence-corrected chi connectivity index (χ4v) is 7.76. The fraction of sp³-hybridized carbons (Fsp3) is 0.786. The summed E-state index contributed by atoms with van der Waals surface area (Å²) in [5, 5.41) is 22.9. The van der Waals surface area contributed by atoms with E-state index in [0.717, 1.165) is 11.3 Å². The van der Waals surface area contributed by atoms with Gasteiger partial charge in [0.2, 0.25) is 21.8 Å². The molecule has 2 aliphatic heterocycles. The van der Waals surface area contributed by atoms with Crippen molar-refractivity contribution in [2.45, 2.75) is 114 Å². The van der Waals surface area contributed by atoms with E-state index in [1.807, 2.05) is 26.0 Å². The van der Waals surface area contributed by atoms with Crippen LogP contribution < -0.4 is 10.0 Å². The minimum absolute atomic E-state index is 0.0871. The molecule has 0 spiro atoms. The summed E-state index contributed by atoms with van der Waals surface area (Å²) in [4.78, 5) is 56.2. The van der Waals surface area contributed by atoms with Gasteiger partial charge >= 0.3 is 6.09 Å². The normalized spacial score (nSPS) is 34.9. The van der Waals surface area contributed by atoms with Crippen molar-refractivity contribution >= 4 is 33.8 Å². The molecule has 4 N–H and O–H groups in total. The Morgan fingerprint density at radius 2 is 1.80 bits per heavy atom. The number of carboxylic acid groups (broad SMARTS) is 1. The predicted molar refractivity (Wildman–Crippen MR) is 150 cm³/mol. The van der Waals surface area contributed by atoms with Gasteiger partial charge in [0.15, 0.2) is 0 Å². The van der Waals surface area contributed by atoms with Gasteiger partial charge in [-0.2, -0.15) is 0 Å². The van der Waals surface area contributed by atoms with Crippen LogP contribution in [0.25, 0.3) is 0 Å². The molecule has 4 amide bonds. The molecule has 0 bridgehead atoms. The molecule has 4 aliphatic rings. The van der Waals surface area contributed by atoms with Gasteiger partial charge < -0.3 is 20.4 Å². The predicted octanol–water partition coefficient (Wildman–Crippen LogP) is 1.59. The van der Waals surface area contributed by atoms with E-state index in [1.54, 1.807) is 20.8 Å². The zero-order chi connectivity index (χ0) is 30.5. The third kappa shape index (κ3) is 6.55. The van der Waals surface area contributed by atoms with Gasteiger partial charge in [0, 0.05) is 24.4 Å². The number of carbonyl (C=O) groups excluding carboxylic acids is 3. The van der Waals surface area contributed by atoms with Crippen LogP contribution in [0.5, 0.6) is 0 Å². The summed E-state index contributed by atoms with van der Waals surface area (Å²) in [5.41, 5.74) is -2.42. The number of aliphatic hydroxyl groups excluding tert-OH is 1. The van der Waals surface area contributed by atoms with Gasteiger partial charge in [-0.05, 0) is 71.1 Å². The quantitative estimate of drug-likeness (QED) is 0.354. The summed E-state index contributed by atoms with van der Waals surface area (Å²) in [6, 6.07) is -2.26. The molecule has 0 aromatic rings. The standard InChI is InChI=1S/C28H44N4O8S/c1-16-8-6-7-9-18-14-28(18,25(36)30-41(39,40)20-10-11-20)29-23(34)21-13-19(33)15-31(21)24(35)22(17(2)12-16)32(26(37)38)27(3,4)5/h7,9,16-22,33H,6,8,10-15H2,1-5H3,(H,29,34)(H,30,36)(H,37,38)/t16?,17-,18-,19-,21+,22+,28-/m1/s1. The summed E-state index contributed by atoms with van der Waals surface area (Å²) in [6.07, 6.45) is 4.52. The Morgan fingerprint density at radius 3 is 2.39 bits per heavy atom. The van der Waals surface area contributed by atoms with Gasteiger partial charge in [-0.15, -0.1) is 0 Å². The van der Waals surface area contributed by atoms with E-state index < -0.39 is 74.3 Å². The number of aliphatic hydroxyl groups is 1. The molecule has 41 heavy (non-hydrogen) atoms. The number of allylic oxidation sites excluding steroid dienone is 1. The van der Waals surface area contributed by atoms with E-state index in [1.165, 1.54) is 4.90 Å². The molecule has 1 unspecified atom stereocenters. The monoisotopic (exact) mass is 596 g/mol. The van der Waals surface area contributed by atoms with Gasteiger partial charge in [-0.3, -0.25) is 24.0 Å². The molecule has 12 nitrogen and oxygen atoms in total. The molecule has 2 aliphatic carbocycles. The maximum absolute atomic E-state index is 14.2. The number of hydrogen-bond acceptors (Lipinski definition) is 7. The Morgan fingerprint density at radius 1 is 1.15 bits per heavy atom. The summed E-state index contributed by atoms with van der Waals surface area (Å²) in [6.45, 7) is 8.84. The van der Waals surface area contributed by atoms with E-state index in [4.69, 9.17) is 0 Å². The third-order valence-corrected chi connectivity index (χ3v) is 10.6. The number of nitrogens with one attached hydrogen (secondary N) is 2. The third-order valence-electron chi connectivity index (χ3n) is 8.80. The summed E-state index contributed by atoms with van der Waals surface area (Å²) in [7, 11) is -3.86. The van der Waals surface area contributed by atoms with Gasteiger partial charge in [0.1, 0.15) is 17.6 Å². The first-order valence-corrected chi connectivity index (χ1v) is 16.1. The maximum atomic E-state index is 14.2. The molecule has 230 valence electrons. The topological polar surface area (TPSA) is 173 Å². The second-order valence-corrected chi connectivity index (χ2v) is 15.4. The minimum atomic E-state index is -3.86. The highest BCUT2D eigenvalue weighted by molar-refractivity contribution is 7.91. The molecule has 2 saturated carbocycles. The first-order valence-electron chi connectivity index (χ1n) is 14.5. The molecular formula is C28H44N4O8S. The van der Waals surface area contributed by atoms with E-state index in [-0.39, 0.29) is 31.2 Å². The van der Waals surface area contributed by atoms with Gasteiger partial charge in [0.25, 0.3) is 5.91 Å². The fourth-order valence-electron chi connectivity index (χ4n) is 6.40. The number of carbonyl (C=O) groups is 4. The van der Waals surface area contributed by atoms with Crippen LogP contribution in [0.1, 0.15) is 79.6 Å². The zero-order valence-electron chi connectivity index (χ0n) is 24.5. The molecule has 2 heterocycles. The Balaban J connectivity index is 1.70. The van der Waals surface area contributed by atoms with Crippen LogP contribution in [0.4, 0.5) is 4.79 Å². The van der Waals surface area contributed by atoms with Crippen molar-refractivity contribution < 1.29 is 37.8 Å². The van der Waals surface area contributed by atoms with Crippen molar-refractivity contribution in [1.82, 2.24) is 19.8 Å². The van der Waals surface area contributed by atoms with Crippen LogP contribution in [0.2, 0.25) is 0 Å². The van der Waals surface area contributed by atoms with Crippen molar-refractivity contribution in [3.63, 3.8) is 0 Å². The Kier molecular flexibility index (Phi) is 8.54. The maximum Gasteiger partial charge on any atom is 0.408 e. The first kappa shape index (κ1) is 31.3. The number of sulfonamides is 1. The van der Waals surface area contributed by atoms with Gasteiger partial charge in [-0.25, -0.2) is 13.2 Å². The van der Waals surface area contributed by atoms with Crippen LogP contribution in [0.3, 0.4) is 0 Å². The Bertz CT molecular complexity index is 1210. The lowest BCUT2D eigenvalue weighted by Gasteiger charge is -2.43. The number of rotatable bonds is 4. The minimum Gasteiger partial charge on any atom is -0.465 e. The number of hydrogen-bond donors (Lipinski definition) is 4. The van der Waals surface area contributed by atoms with Crippen LogP contribution >= 0.6 is 0 Å². The number of nitrogens with zero attached hydrogens (tertiary/aromatic N) is 2. The molecule has 4 rings (SSSR count). The largest absolute Gasteiger partial charge is 0.465 e. The van der Waals surface area contributed by atoms with Crippen molar-refractivity contribution in [3.05, 3.63) is 12.2 Å². The lowest BCUT2D eigenvalue weighted by molar-refractivity contribution is -0.146. The van der Waals surface area contributed by atoms with Crippen LogP contribution in [-0.2, 0) is 24.4 Å². The van der Waals surface area contributed by atoms with Crippen LogP contribution in [-0.4, -0.2) is 93.3 Å². The van der Waals surface area contributed by atoms with Gasteiger partial charge in [-0.1, -0.05) is 26.0 Å². The molecule has 0 aromatic heterocycles. The Labute approximate surface area is 241 Å². The summed E-state index contributed by atoms with van der Waals surface area (Å²) in [5.74, 6) is -2.74. The lowest BCUT2D eigenvalue weighted by Crippen LogP contribution is -2.62. The highest BCUT2D eigenvalue weighted by atomic mass is 32.2. The lowest BCUT2D eigenvalue weighted by atomic mass is 9.85. The number of amides is 4. The Hall–Kier alpha value is -2.67. The van der Waals surface area contributed by atoms with E-state index in [2.05, 4.69) is 10.0 Å². The molecule has 13 heteroatoms. The second kappa shape index (κ2) is 11.2. The van der Waals surface area contributed by atoms with Gasteiger partial charge in [0.05, 0.1) is 11.4 Å². The molecule has 7 atom stereocenters. The highest BCUT2D eigenvalue weighted by Crippen LogP contribution is 2.46. The van der Waals surface area contributed by atoms with Crippen molar-refractivity contribution in [3.8, 4) is 0 Å². The zero-order valence-corrected chi connectivity index (χ0v) is 25.3. The average Bonchev–Trinajstić information content (AvgIpc) is 3.76. The van der Waals surface area contributed by atoms with Crippen molar-refractivity contribution in [2.75, 3.05) is 6.54 Å². The molecular weight excluding hydrogens is 552 g/mol. The molecule has 0 radical (unpaired) electrons. The smallest absolute Gasteiger partial charge is 0.408 e. The SMILES string of the molecule is CC1CCC=C[C@@H]2C[C@@]2(C(=O)NS(=O)(=O)C2CC2)NC(=O)[C@@H]2C[C@@H](O)CN2C(=O)[C@@H](N(C(=O)O)C(C)(C)C)[C@H](C)C1. The summed E-state index contributed by atoms with van der Waals surface area (Å²) >= 11 is 0. The number of fused-ring (bicyclic) bond motifs is 2.